The molecule has 3 N–H and O–H groups in total. The first-order valence-corrected chi connectivity index (χ1v) is 22.9. The number of H-pyrrole nitrogens is 2. The van der Waals surface area contributed by atoms with Gasteiger partial charge in [-0.05, 0) is 42.8 Å². The van der Waals surface area contributed by atoms with Crippen molar-refractivity contribution in [2.24, 2.45) is 0 Å². The van der Waals surface area contributed by atoms with Crippen molar-refractivity contribution in [2.75, 3.05) is 49.6 Å². The van der Waals surface area contributed by atoms with E-state index >= 15 is 0 Å². The Morgan fingerprint density at radius 1 is 1.00 bits per heavy atom. The summed E-state index contributed by atoms with van der Waals surface area (Å²) in [6.07, 6.45) is -1.38. The fourth-order valence-electron chi connectivity index (χ4n) is 6.37. The van der Waals surface area contributed by atoms with Crippen molar-refractivity contribution in [2.45, 2.75) is 64.0 Å². The second-order valence-corrected chi connectivity index (χ2v) is 22.1. The molecular formula is C35H44BrN3O8S2Si. The van der Waals surface area contributed by atoms with Crippen molar-refractivity contribution in [3.05, 3.63) is 40.7 Å². The Kier molecular flexibility index (Phi) is 10.2. The molecule has 0 radical (unpaired) electrons. The number of anilines is 1. The number of methoxy groups -OCH3 is 3. The standard InChI is InChI=1S/C35H44BrN3O8S2Si/c1-17-26(34(42)46-25-16-49-48-15-22(25)40)28-27-19(13-36)14-39(21(27)12-23(30(28)37-17)47-50(8,9)35(2,3)4)33(41)20-10-18-11-24(43-5)31(44-6)32(45-7)29(18)38-20/h10-12,19,22,25,37-38,40H,13-16H2,1-9H3. The SMILES string of the molecule is COc1cc2cc(C(=O)N3CC(CBr)c4c3cc(O[Si](C)(C)C(C)(C)C)c3[nH]c(C)c(C(=O)OC5CSSCC5O)c43)[nH]c2c(OC)c1OC. The number of hydrogen-bond acceptors (Lipinski definition) is 10. The molecule has 4 heterocycles. The fourth-order valence-corrected chi connectivity index (χ4v) is 10.3. The van der Waals surface area contributed by atoms with Gasteiger partial charge in [0, 0.05) is 51.8 Å². The molecule has 11 nitrogen and oxygen atoms in total. The third-order valence-electron chi connectivity index (χ3n) is 10.0. The molecule has 3 atom stereocenters. The zero-order valence-corrected chi connectivity index (χ0v) is 34.0. The molecule has 1 saturated heterocycles. The number of amides is 1. The molecule has 6 rings (SSSR count). The molecule has 15 heteroatoms. The molecule has 3 unspecified atom stereocenters. The monoisotopic (exact) mass is 805 g/mol. The van der Waals surface area contributed by atoms with Crippen LogP contribution in [0.3, 0.4) is 0 Å². The van der Waals surface area contributed by atoms with Crippen LogP contribution in [0.15, 0.2) is 18.2 Å². The number of aromatic amines is 2. The lowest BCUT2D eigenvalue weighted by atomic mass is 9.95. The van der Waals surface area contributed by atoms with Gasteiger partial charge in [-0.25, -0.2) is 4.79 Å². The molecule has 270 valence electrons. The number of aliphatic hydroxyl groups excluding tert-OH is 1. The van der Waals surface area contributed by atoms with Gasteiger partial charge in [-0.1, -0.05) is 58.3 Å². The summed E-state index contributed by atoms with van der Waals surface area (Å²) in [4.78, 5) is 37.1. The van der Waals surface area contributed by atoms with Crippen LogP contribution in [0.1, 0.15) is 58.8 Å². The molecule has 0 aliphatic carbocycles. The minimum Gasteiger partial charge on any atom is -0.542 e. The summed E-state index contributed by atoms with van der Waals surface area (Å²) in [6.45, 7) is 13.1. The van der Waals surface area contributed by atoms with E-state index < -0.39 is 26.5 Å². The molecule has 4 aromatic rings. The molecular weight excluding hydrogens is 763 g/mol. The Hall–Kier alpha value is -2.98. The average molecular weight is 807 g/mol. The van der Waals surface area contributed by atoms with Gasteiger partial charge >= 0.3 is 5.97 Å². The van der Waals surface area contributed by atoms with Gasteiger partial charge in [0.1, 0.15) is 23.7 Å². The van der Waals surface area contributed by atoms with Crippen LogP contribution in [-0.2, 0) is 4.74 Å². The van der Waals surface area contributed by atoms with Crippen LogP contribution >= 0.6 is 37.5 Å². The van der Waals surface area contributed by atoms with E-state index in [0.717, 1.165) is 10.9 Å². The van der Waals surface area contributed by atoms with Crippen LogP contribution < -0.4 is 23.5 Å². The number of ether oxygens (including phenoxy) is 4. The predicted octanol–water partition coefficient (Wildman–Crippen LogP) is 7.79. The highest BCUT2D eigenvalue weighted by atomic mass is 79.9. The number of aromatic nitrogens is 2. The third kappa shape index (κ3) is 6.26. The van der Waals surface area contributed by atoms with Gasteiger partial charge in [-0.3, -0.25) is 4.79 Å². The number of rotatable bonds is 9. The van der Waals surface area contributed by atoms with Gasteiger partial charge in [0.2, 0.25) is 5.75 Å². The molecule has 0 bridgehead atoms. The van der Waals surface area contributed by atoms with Crippen molar-refractivity contribution < 1.29 is 38.1 Å². The maximum Gasteiger partial charge on any atom is 0.341 e. The van der Waals surface area contributed by atoms with Crippen LogP contribution in [-0.4, -0.2) is 92.2 Å². The van der Waals surface area contributed by atoms with Gasteiger partial charge < -0.3 is 43.3 Å². The first-order valence-electron chi connectivity index (χ1n) is 16.4. The van der Waals surface area contributed by atoms with E-state index in [4.69, 9.17) is 23.4 Å². The Morgan fingerprint density at radius 3 is 2.32 bits per heavy atom. The average Bonchev–Trinajstić information content (AvgIpc) is 3.76. The molecule has 0 saturated carbocycles. The van der Waals surface area contributed by atoms with Crippen LogP contribution in [0.4, 0.5) is 5.69 Å². The Morgan fingerprint density at radius 2 is 1.70 bits per heavy atom. The Labute approximate surface area is 309 Å². The van der Waals surface area contributed by atoms with Crippen LogP contribution in [0.25, 0.3) is 21.8 Å². The smallest absolute Gasteiger partial charge is 0.341 e. The van der Waals surface area contributed by atoms with E-state index in [1.807, 2.05) is 13.0 Å². The maximum atomic E-state index is 14.6. The third-order valence-corrected chi connectivity index (χ3v) is 17.6. The summed E-state index contributed by atoms with van der Waals surface area (Å²) in [7, 11) is 5.38. The number of alkyl halides is 1. The number of carbonyl (C=O) groups is 2. The Bertz CT molecular complexity index is 1970. The van der Waals surface area contributed by atoms with Crippen molar-refractivity contribution in [3.63, 3.8) is 0 Å². The zero-order valence-electron chi connectivity index (χ0n) is 29.7. The number of fused-ring (bicyclic) bond motifs is 4. The number of nitrogens with zero attached hydrogens (tertiary/aromatic N) is 1. The van der Waals surface area contributed by atoms with Crippen molar-refractivity contribution in [1.29, 1.82) is 0 Å². The molecule has 1 amide bonds. The highest BCUT2D eigenvalue weighted by Crippen LogP contribution is 2.50. The minimum absolute atomic E-state index is 0.117. The van der Waals surface area contributed by atoms with E-state index in [1.54, 1.807) is 52.8 Å². The summed E-state index contributed by atoms with van der Waals surface area (Å²) in [5.41, 5.74) is 4.21. The highest BCUT2D eigenvalue weighted by molar-refractivity contribution is 9.09. The van der Waals surface area contributed by atoms with Gasteiger partial charge in [-0.15, -0.1) is 0 Å². The number of carbonyl (C=O) groups excluding carboxylic acids is 2. The van der Waals surface area contributed by atoms with Crippen molar-refractivity contribution in [1.82, 2.24) is 9.97 Å². The van der Waals surface area contributed by atoms with E-state index in [1.165, 1.54) is 7.11 Å². The quantitative estimate of drug-likeness (QED) is 0.0666. The fraction of sp³-hybridized carbons (Fsp3) is 0.486. The topological polar surface area (TPSA) is 135 Å². The minimum atomic E-state index is -2.40. The predicted molar refractivity (Wildman–Crippen MR) is 207 cm³/mol. The summed E-state index contributed by atoms with van der Waals surface area (Å²) in [6, 6.07) is 5.53. The van der Waals surface area contributed by atoms with Crippen LogP contribution in [0, 0.1) is 6.92 Å². The largest absolute Gasteiger partial charge is 0.542 e. The number of esters is 1. The van der Waals surface area contributed by atoms with E-state index in [9.17, 15) is 14.7 Å². The number of hydrogen-bond donors (Lipinski definition) is 3. The van der Waals surface area contributed by atoms with E-state index in [-0.39, 0.29) is 16.9 Å². The second-order valence-electron chi connectivity index (χ2n) is 14.2. The first-order chi connectivity index (χ1) is 23.6. The summed E-state index contributed by atoms with van der Waals surface area (Å²) in [5, 5.41) is 12.5. The molecule has 0 spiro atoms. The molecule has 50 heavy (non-hydrogen) atoms. The lowest BCUT2D eigenvalue weighted by Gasteiger charge is -2.36. The lowest BCUT2D eigenvalue weighted by Crippen LogP contribution is -2.44. The molecule has 1 fully saturated rings. The maximum absolute atomic E-state index is 14.6. The van der Waals surface area contributed by atoms with Crippen LogP contribution in [0.2, 0.25) is 18.1 Å². The summed E-state index contributed by atoms with van der Waals surface area (Å²) < 4.78 is 29.8. The van der Waals surface area contributed by atoms with Crippen LogP contribution in [0.5, 0.6) is 23.0 Å². The van der Waals surface area contributed by atoms with E-state index in [2.05, 4.69) is 59.8 Å². The lowest BCUT2D eigenvalue weighted by molar-refractivity contribution is -0.00166. The molecule has 2 aliphatic heterocycles. The number of aliphatic hydroxyl groups is 1. The van der Waals surface area contributed by atoms with Gasteiger partial charge in [0.15, 0.2) is 11.5 Å². The number of halogens is 1. The van der Waals surface area contributed by atoms with E-state index in [0.29, 0.717) is 85.4 Å². The normalized spacial score (nSPS) is 19.5. The first kappa shape index (κ1) is 36.8. The van der Waals surface area contributed by atoms with Crippen molar-refractivity contribution >= 4 is 85.2 Å². The second kappa shape index (κ2) is 13.9. The number of aryl methyl sites for hydroxylation is 1. The van der Waals surface area contributed by atoms with Gasteiger partial charge in [0.25, 0.3) is 14.2 Å². The number of benzene rings is 2. The molecule has 2 aromatic carbocycles. The zero-order chi connectivity index (χ0) is 36.3. The van der Waals surface area contributed by atoms with Gasteiger partial charge in [0.05, 0.1) is 43.6 Å². The number of nitrogens with one attached hydrogen (secondary N) is 2. The molecule has 2 aromatic heterocycles. The highest BCUT2D eigenvalue weighted by Gasteiger charge is 2.43. The van der Waals surface area contributed by atoms with Gasteiger partial charge in [-0.2, -0.15) is 0 Å². The molecule has 2 aliphatic rings. The summed E-state index contributed by atoms with van der Waals surface area (Å²) >= 11 is 3.71. The van der Waals surface area contributed by atoms with Crippen molar-refractivity contribution in [3.8, 4) is 23.0 Å². The Balaban J connectivity index is 1.53. The summed E-state index contributed by atoms with van der Waals surface area (Å²) in [5.74, 6) is 1.98.